The van der Waals surface area contributed by atoms with Crippen molar-refractivity contribution in [2.45, 2.75) is 13.4 Å². The summed E-state index contributed by atoms with van der Waals surface area (Å²) in [6.07, 6.45) is 3.18. The quantitative estimate of drug-likeness (QED) is 0.335. The van der Waals surface area contributed by atoms with Gasteiger partial charge >= 0.3 is 5.97 Å². The molecule has 1 aromatic heterocycles. The molecule has 0 unspecified atom stereocenters. The number of benzene rings is 1. The number of esters is 1. The number of alkyl halides is 4. The molecule has 3 nitrogen and oxygen atoms in total. The number of halogens is 4. The van der Waals surface area contributed by atoms with Gasteiger partial charge in [-0.2, -0.15) is 0 Å². The molecular formula is C16H13Br4NO2. The molecule has 0 saturated carbocycles. The first kappa shape index (κ1) is 19.1. The van der Waals surface area contributed by atoms with Gasteiger partial charge in [0.05, 0.1) is 12.2 Å². The zero-order valence-corrected chi connectivity index (χ0v) is 18.4. The Hall–Kier alpha value is -0.240. The molecule has 0 aliphatic heterocycles. The van der Waals surface area contributed by atoms with E-state index in [-0.39, 0.29) is 0 Å². The Kier molecular flexibility index (Phi) is 6.44. The number of pyridine rings is 1. The van der Waals surface area contributed by atoms with Crippen LogP contribution in [0.4, 0.5) is 0 Å². The zero-order chi connectivity index (χ0) is 17.1. The van der Waals surface area contributed by atoms with Gasteiger partial charge in [-0.15, -0.1) is 0 Å². The van der Waals surface area contributed by atoms with Gasteiger partial charge in [-0.25, -0.2) is 4.79 Å². The van der Waals surface area contributed by atoms with Crippen LogP contribution in [0.15, 0.2) is 48.8 Å². The molecule has 0 N–H and O–H groups in total. The Morgan fingerprint density at radius 3 is 2.26 bits per heavy atom. The summed E-state index contributed by atoms with van der Waals surface area (Å²) in [6, 6.07) is 11.6. The predicted octanol–water partition coefficient (Wildman–Crippen LogP) is 5.84. The van der Waals surface area contributed by atoms with E-state index < -0.39 is 12.4 Å². The van der Waals surface area contributed by atoms with E-state index in [1.54, 1.807) is 19.2 Å². The fourth-order valence-corrected chi connectivity index (χ4v) is 3.83. The van der Waals surface area contributed by atoms with Crippen LogP contribution in [0.1, 0.15) is 28.4 Å². The van der Waals surface area contributed by atoms with Gasteiger partial charge in [0, 0.05) is 18.0 Å². The van der Waals surface area contributed by atoms with Gasteiger partial charge in [-0.3, -0.25) is 4.98 Å². The molecular weight excluding hydrogens is 558 g/mol. The molecule has 0 aliphatic carbocycles. The minimum absolute atomic E-state index is 0.321. The third-order valence-corrected chi connectivity index (χ3v) is 9.48. The molecule has 0 saturated heterocycles. The zero-order valence-electron chi connectivity index (χ0n) is 12.1. The highest BCUT2D eigenvalue weighted by Crippen LogP contribution is 2.60. The number of carbonyl (C=O) groups is 1. The molecule has 23 heavy (non-hydrogen) atoms. The molecule has 7 heteroatoms. The Morgan fingerprint density at radius 2 is 1.65 bits per heavy atom. The highest BCUT2D eigenvalue weighted by molar-refractivity contribution is 9.29. The smallest absolute Gasteiger partial charge is 0.339 e. The van der Waals surface area contributed by atoms with Crippen molar-refractivity contribution >= 4 is 69.7 Å². The van der Waals surface area contributed by atoms with Crippen LogP contribution < -0.4 is 0 Å². The van der Waals surface area contributed by atoms with Gasteiger partial charge in [0.25, 0.3) is 0 Å². The largest absolute Gasteiger partial charge is 0.462 e. The highest BCUT2D eigenvalue weighted by Gasteiger charge is 2.48. The van der Waals surface area contributed by atoms with Crippen molar-refractivity contribution in [3.63, 3.8) is 0 Å². The average molecular weight is 571 g/mol. The molecule has 1 heterocycles. The first-order valence-electron chi connectivity index (χ1n) is 6.74. The van der Waals surface area contributed by atoms with Gasteiger partial charge in [-0.05, 0) is 18.6 Å². The third kappa shape index (κ3) is 4.06. The predicted molar refractivity (Wildman–Crippen MR) is 106 cm³/mol. The number of rotatable bonds is 5. The minimum atomic E-state index is -0.746. The maximum atomic E-state index is 11.9. The summed E-state index contributed by atoms with van der Waals surface area (Å²) in [5.74, 6) is -0.396. The van der Waals surface area contributed by atoms with Crippen molar-refractivity contribution in [2.75, 3.05) is 6.61 Å². The molecule has 122 valence electrons. The fraction of sp³-hybridized carbons (Fsp3) is 0.250. The normalized spacial score (nSPS) is 12.0. The van der Waals surface area contributed by atoms with Crippen molar-refractivity contribution in [3.05, 3.63) is 65.5 Å². The molecule has 2 rings (SSSR count). The lowest BCUT2D eigenvalue weighted by Gasteiger charge is -2.35. The van der Waals surface area contributed by atoms with Crippen molar-refractivity contribution in [3.8, 4) is 0 Å². The monoisotopic (exact) mass is 567 g/mol. The summed E-state index contributed by atoms with van der Waals surface area (Å²) in [5, 5.41) is 0. The van der Waals surface area contributed by atoms with E-state index in [2.05, 4.69) is 68.7 Å². The molecule has 0 aliphatic rings. The first-order chi connectivity index (χ1) is 10.8. The van der Waals surface area contributed by atoms with Gasteiger partial charge < -0.3 is 4.74 Å². The van der Waals surface area contributed by atoms with Gasteiger partial charge in [0.1, 0.15) is 6.47 Å². The average Bonchev–Trinajstić information content (AvgIpc) is 2.56. The lowest BCUT2D eigenvalue weighted by molar-refractivity contribution is 0.0525. The molecule has 0 fully saturated rings. The van der Waals surface area contributed by atoms with Crippen LogP contribution in [0.5, 0.6) is 0 Å². The number of carbonyl (C=O) groups excluding carboxylic acids is 1. The number of hydrogen-bond donors (Lipinski definition) is 0. The molecule has 0 atom stereocenters. The van der Waals surface area contributed by atoms with E-state index in [1.807, 2.05) is 30.3 Å². The van der Waals surface area contributed by atoms with Crippen LogP contribution >= 0.6 is 63.7 Å². The van der Waals surface area contributed by atoms with Gasteiger partial charge in [0.2, 0.25) is 0 Å². The standard InChI is InChI=1S/C16H13Br4NO2/c1-2-23-14(22)11-8-13(10-21-9-11)16(19,20)15(17,18)12-6-4-3-5-7-12/h3-10H,2H2,1H3. The Labute approximate surface area is 168 Å². The number of ether oxygens (including phenoxy) is 1. The summed E-state index contributed by atoms with van der Waals surface area (Å²) in [7, 11) is 0. The second-order valence-corrected chi connectivity index (χ2v) is 11.6. The lowest BCUT2D eigenvalue weighted by Crippen LogP contribution is -2.30. The SMILES string of the molecule is CCOC(=O)c1cncc(C(Br)(Br)C(Br)(Br)c2ccccc2)c1. The molecule has 1 aromatic carbocycles. The van der Waals surface area contributed by atoms with Crippen molar-refractivity contribution in [2.24, 2.45) is 0 Å². The fourth-order valence-electron chi connectivity index (χ4n) is 1.95. The van der Waals surface area contributed by atoms with Crippen LogP contribution in [0.3, 0.4) is 0 Å². The van der Waals surface area contributed by atoms with E-state index in [1.165, 1.54) is 6.20 Å². The molecule has 0 spiro atoms. The van der Waals surface area contributed by atoms with E-state index in [0.29, 0.717) is 12.2 Å². The summed E-state index contributed by atoms with van der Waals surface area (Å²) in [5.41, 5.74) is 2.16. The Balaban J connectivity index is 2.43. The van der Waals surface area contributed by atoms with Gasteiger partial charge in [0.15, 0.2) is 0 Å². The van der Waals surface area contributed by atoms with Gasteiger partial charge in [-0.1, -0.05) is 94.1 Å². The first-order valence-corrected chi connectivity index (χ1v) is 9.91. The number of nitrogens with zero attached hydrogens (tertiary/aromatic N) is 1. The maximum absolute atomic E-state index is 11.9. The number of aromatic nitrogens is 1. The second kappa shape index (κ2) is 7.76. The van der Waals surface area contributed by atoms with E-state index in [9.17, 15) is 4.79 Å². The Morgan fingerprint density at radius 1 is 1.04 bits per heavy atom. The van der Waals surface area contributed by atoms with Crippen molar-refractivity contribution in [1.82, 2.24) is 4.98 Å². The Bertz CT molecular complexity index is 689. The van der Waals surface area contributed by atoms with E-state index >= 15 is 0 Å². The molecule has 0 amide bonds. The van der Waals surface area contributed by atoms with Crippen LogP contribution in [0.2, 0.25) is 0 Å². The third-order valence-electron chi connectivity index (χ3n) is 3.14. The molecule has 0 bridgehead atoms. The molecule has 0 radical (unpaired) electrons. The molecule has 2 aromatic rings. The maximum Gasteiger partial charge on any atom is 0.339 e. The second-order valence-electron chi connectivity index (χ2n) is 4.70. The minimum Gasteiger partial charge on any atom is -0.462 e. The number of hydrogen-bond acceptors (Lipinski definition) is 3. The summed E-state index contributed by atoms with van der Waals surface area (Å²) in [6.45, 7) is 2.09. The van der Waals surface area contributed by atoms with E-state index in [4.69, 9.17) is 4.74 Å². The van der Waals surface area contributed by atoms with Crippen LogP contribution in [-0.2, 0) is 11.2 Å². The summed E-state index contributed by atoms with van der Waals surface area (Å²) < 4.78 is 3.62. The van der Waals surface area contributed by atoms with Crippen molar-refractivity contribution < 1.29 is 9.53 Å². The van der Waals surface area contributed by atoms with Crippen LogP contribution in [0, 0.1) is 0 Å². The topological polar surface area (TPSA) is 39.2 Å². The van der Waals surface area contributed by atoms with Crippen LogP contribution in [0.25, 0.3) is 0 Å². The summed E-state index contributed by atoms with van der Waals surface area (Å²) in [4.78, 5) is 16.1. The van der Waals surface area contributed by atoms with E-state index in [0.717, 1.165) is 11.1 Å². The van der Waals surface area contributed by atoms with Crippen molar-refractivity contribution in [1.29, 1.82) is 0 Å². The summed E-state index contributed by atoms with van der Waals surface area (Å²) >= 11 is 14.8. The highest BCUT2D eigenvalue weighted by atomic mass is 79.9. The van der Waals surface area contributed by atoms with Crippen LogP contribution in [-0.4, -0.2) is 17.6 Å². The lowest BCUT2D eigenvalue weighted by atomic mass is 10.0.